The number of aromatic nitrogens is 1. The summed E-state index contributed by atoms with van der Waals surface area (Å²) in [5.74, 6) is -4.96. The Labute approximate surface area is 192 Å². The Morgan fingerprint density at radius 1 is 1.15 bits per heavy atom. The van der Waals surface area contributed by atoms with E-state index in [1.807, 2.05) is 5.32 Å². The topological polar surface area (TPSA) is 130 Å². The van der Waals surface area contributed by atoms with Crippen LogP contribution in [-0.2, 0) is 27.3 Å². The van der Waals surface area contributed by atoms with Gasteiger partial charge in [0, 0.05) is 39.4 Å². The lowest BCUT2D eigenvalue weighted by molar-refractivity contribution is 0.101. The Morgan fingerprint density at radius 2 is 1.82 bits per heavy atom. The maximum absolute atomic E-state index is 15.0. The van der Waals surface area contributed by atoms with Crippen LogP contribution >= 0.6 is 11.6 Å². The number of halogens is 4. The SMILES string of the molecule is CNS(=O)(=O)N1CC[C@@H](NS(=O)(=O)c2cn(C)c(C(=O)Nc3ccc(F)c(Cl)c3F)c2F)C1. The number of hydrogen-bond acceptors (Lipinski definition) is 5. The largest absolute Gasteiger partial charge is 0.343 e. The monoisotopic (exact) mass is 529 g/mol. The predicted octanol–water partition coefficient (Wildman–Crippen LogP) is 1.16. The first kappa shape index (κ1) is 25.5. The number of benzene rings is 1. The Kier molecular flexibility index (Phi) is 7.12. The Balaban J connectivity index is 1.82. The molecule has 10 nitrogen and oxygen atoms in total. The molecule has 0 saturated carbocycles. The lowest BCUT2D eigenvalue weighted by Gasteiger charge is -2.16. The second-order valence-corrected chi connectivity index (χ2v) is 11.1. The molecule has 1 aromatic carbocycles. The van der Waals surface area contributed by atoms with E-state index in [0.717, 1.165) is 27.2 Å². The minimum Gasteiger partial charge on any atom is -0.343 e. The Morgan fingerprint density at radius 3 is 2.45 bits per heavy atom. The van der Waals surface area contributed by atoms with Gasteiger partial charge in [-0.25, -0.2) is 31.0 Å². The van der Waals surface area contributed by atoms with Crippen molar-refractivity contribution in [2.75, 3.05) is 25.5 Å². The van der Waals surface area contributed by atoms with Gasteiger partial charge in [-0.3, -0.25) is 4.79 Å². The molecular formula is C17H19ClF3N5O5S2. The van der Waals surface area contributed by atoms with E-state index in [2.05, 4.69) is 9.44 Å². The molecule has 1 atom stereocenters. The normalized spacial score (nSPS) is 17.5. The third kappa shape index (κ3) is 5.02. The molecule has 2 aromatic rings. The minimum atomic E-state index is -4.49. The van der Waals surface area contributed by atoms with Crippen LogP contribution in [0.4, 0.5) is 18.9 Å². The van der Waals surface area contributed by atoms with Crippen molar-refractivity contribution in [3.05, 3.63) is 46.5 Å². The van der Waals surface area contributed by atoms with Crippen molar-refractivity contribution in [1.82, 2.24) is 18.3 Å². The summed E-state index contributed by atoms with van der Waals surface area (Å²) >= 11 is 5.45. The van der Waals surface area contributed by atoms with Gasteiger partial charge in [0.25, 0.3) is 16.1 Å². The van der Waals surface area contributed by atoms with Gasteiger partial charge in [0.15, 0.2) is 11.6 Å². The molecule has 0 spiro atoms. The summed E-state index contributed by atoms with van der Waals surface area (Å²) in [5.41, 5.74) is -1.27. The number of nitrogens with one attached hydrogen (secondary N) is 3. The Bertz CT molecular complexity index is 1320. The van der Waals surface area contributed by atoms with E-state index >= 15 is 0 Å². The molecule has 1 aromatic heterocycles. The van der Waals surface area contributed by atoms with Gasteiger partial charge >= 0.3 is 0 Å². The van der Waals surface area contributed by atoms with E-state index < -0.39 is 70.9 Å². The number of sulfonamides is 1. The number of carbonyl (C=O) groups excluding carboxylic acids is 1. The number of hydrogen-bond donors (Lipinski definition) is 3. The van der Waals surface area contributed by atoms with E-state index in [0.29, 0.717) is 0 Å². The van der Waals surface area contributed by atoms with Gasteiger partial charge in [0.2, 0.25) is 10.0 Å². The highest BCUT2D eigenvalue weighted by Crippen LogP contribution is 2.27. The molecule has 3 rings (SSSR count). The molecule has 1 fully saturated rings. The van der Waals surface area contributed by atoms with Crippen molar-refractivity contribution in [3.8, 4) is 0 Å². The van der Waals surface area contributed by atoms with Crippen LogP contribution in [0.2, 0.25) is 5.02 Å². The Hall–Kier alpha value is -2.17. The third-order valence-electron chi connectivity index (χ3n) is 4.95. The van der Waals surface area contributed by atoms with Crippen LogP contribution in [0.15, 0.2) is 23.2 Å². The van der Waals surface area contributed by atoms with Gasteiger partial charge in [-0.2, -0.15) is 12.7 Å². The number of anilines is 1. The summed E-state index contributed by atoms with van der Waals surface area (Å²) in [7, 11) is -5.84. The van der Waals surface area contributed by atoms with Gasteiger partial charge in [-0.05, 0) is 18.6 Å². The maximum atomic E-state index is 15.0. The van der Waals surface area contributed by atoms with Crippen molar-refractivity contribution in [2.24, 2.45) is 7.05 Å². The lowest BCUT2D eigenvalue weighted by atomic mass is 10.2. The zero-order chi connectivity index (χ0) is 24.7. The fourth-order valence-corrected chi connectivity index (χ4v) is 5.81. The van der Waals surface area contributed by atoms with E-state index in [1.165, 1.54) is 14.1 Å². The lowest BCUT2D eigenvalue weighted by Crippen LogP contribution is -2.41. The van der Waals surface area contributed by atoms with Crippen LogP contribution in [0.25, 0.3) is 0 Å². The van der Waals surface area contributed by atoms with Crippen molar-refractivity contribution in [1.29, 1.82) is 0 Å². The van der Waals surface area contributed by atoms with E-state index in [-0.39, 0.29) is 19.5 Å². The third-order valence-corrected chi connectivity index (χ3v) is 8.33. The maximum Gasteiger partial charge on any atom is 0.279 e. The zero-order valence-corrected chi connectivity index (χ0v) is 19.6. The van der Waals surface area contributed by atoms with Crippen molar-refractivity contribution < 1.29 is 34.8 Å². The van der Waals surface area contributed by atoms with E-state index in [1.54, 1.807) is 0 Å². The molecule has 1 amide bonds. The van der Waals surface area contributed by atoms with Crippen LogP contribution in [0.1, 0.15) is 16.9 Å². The highest BCUT2D eigenvalue weighted by atomic mass is 35.5. The summed E-state index contributed by atoms with van der Waals surface area (Å²) < 4.78 is 97.7. The van der Waals surface area contributed by atoms with E-state index in [9.17, 15) is 34.8 Å². The van der Waals surface area contributed by atoms with Gasteiger partial charge in [-0.15, -0.1) is 0 Å². The molecule has 0 bridgehead atoms. The highest BCUT2D eigenvalue weighted by Gasteiger charge is 2.35. The molecule has 0 radical (unpaired) electrons. The number of aryl methyl sites for hydroxylation is 1. The first-order valence-electron chi connectivity index (χ1n) is 9.29. The first-order chi connectivity index (χ1) is 15.3. The van der Waals surface area contributed by atoms with Crippen LogP contribution in [0.3, 0.4) is 0 Å². The van der Waals surface area contributed by atoms with Crippen molar-refractivity contribution >= 4 is 43.4 Å². The van der Waals surface area contributed by atoms with Gasteiger partial charge in [0.05, 0.1) is 5.69 Å². The molecular weight excluding hydrogens is 511 g/mol. The second kappa shape index (κ2) is 9.23. The molecule has 182 valence electrons. The van der Waals surface area contributed by atoms with Crippen LogP contribution in [0, 0.1) is 17.5 Å². The van der Waals surface area contributed by atoms with Crippen LogP contribution in [0.5, 0.6) is 0 Å². The smallest absolute Gasteiger partial charge is 0.279 e. The number of carbonyl (C=O) groups is 1. The number of rotatable bonds is 7. The second-order valence-electron chi connectivity index (χ2n) is 7.12. The molecule has 0 unspecified atom stereocenters. The standard InChI is InChI=1S/C17H19ClF3N5O5S2/c1-22-33(30,31)26-6-5-9(7-26)24-32(28,29)12-8-25(2)16(15(12)21)17(27)23-11-4-3-10(19)13(18)14(11)20/h3-4,8-9,22,24H,5-7H2,1-2H3,(H,23,27)/t9-/m1/s1. The number of nitrogens with zero attached hydrogens (tertiary/aromatic N) is 2. The molecule has 16 heteroatoms. The molecule has 2 heterocycles. The van der Waals surface area contributed by atoms with Gasteiger partial charge in [0.1, 0.15) is 21.4 Å². The molecule has 1 aliphatic heterocycles. The highest BCUT2D eigenvalue weighted by molar-refractivity contribution is 7.89. The summed E-state index contributed by atoms with van der Waals surface area (Å²) in [6.45, 7) is -0.123. The van der Waals surface area contributed by atoms with E-state index in [4.69, 9.17) is 11.6 Å². The minimum absolute atomic E-state index is 0.0487. The first-order valence-corrected chi connectivity index (χ1v) is 12.6. The summed E-state index contributed by atoms with van der Waals surface area (Å²) in [5, 5.41) is 1.15. The fourth-order valence-electron chi connectivity index (χ4n) is 3.27. The summed E-state index contributed by atoms with van der Waals surface area (Å²) in [4.78, 5) is 11.6. The zero-order valence-electron chi connectivity index (χ0n) is 17.2. The van der Waals surface area contributed by atoms with Gasteiger partial charge < -0.3 is 9.88 Å². The molecule has 0 aliphatic carbocycles. The molecule has 33 heavy (non-hydrogen) atoms. The summed E-state index contributed by atoms with van der Waals surface area (Å²) in [6.07, 6.45) is 0.990. The van der Waals surface area contributed by atoms with Gasteiger partial charge in [-0.1, -0.05) is 11.6 Å². The molecule has 1 saturated heterocycles. The quantitative estimate of drug-likeness (QED) is 0.464. The average Bonchev–Trinajstić information content (AvgIpc) is 3.32. The predicted molar refractivity (Wildman–Crippen MR) is 113 cm³/mol. The van der Waals surface area contributed by atoms with Crippen molar-refractivity contribution in [3.63, 3.8) is 0 Å². The number of amides is 1. The summed E-state index contributed by atoms with van der Waals surface area (Å²) in [6, 6.07) is 0.839. The molecule has 1 aliphatic rings. The van der Waals surface area contributed by atoms with Crippen LogP contribution in [-0.4, -0.2) is 57.8 Å². The van der Waals surface area contributed by atoms with Crippen molar-refractivity contribution in [2.45, 2.75) is 17.4 Å². The molecule has 3 N–H and O–H groups in total. The average molecular weight is 530 g/mol. The fraction of sp³-hybridized carbons (Fsp3) is 0.353. The van der Waals surface area contributed by atoms with Crippen LogP contribution < -0.4 is 14.8 Å².